The van der Waals surface area contributed by atoms with E-state index in [1.54, 1.807) is 0 Å². The fraction of sp³-hybridized carbons (Fsp3) is 0.714. The fourth-order valence-corrected chi connectivity index (χ4v) is 9.63. The molecule has 3 fully saturated rings. The van der Waals surface area contributed by atoms with Gasteiger partial charge in [0.1, 0.15) is 36.3 Å². The van der Waals surface area contributed by atoms with Crippen LogP contribution in [0.1, 0.15) is 52.2 Å². The van der Waals surface area contributed by atoms with Crippen molar-refractivity contribution in [3.63, 3.8) is 0 Å². The molecule has 4 unspecified atom stereocenters. The van der Waals surface area contributed by atoms with Crippen LogP contribution in [0.5, 0.6) is 0 Å². The monoisotopic (exact) mass is 875 g/mol. The number of aliphatic hydroxyl groups excluding tert-OH is 2. The van der Waals surface area contributed by atoms with Gasteiger partial charge in [0.2, 0.25) is 11.8 Å². The van der Waals surface area contributed by atoms with Crippen LogP contribution in [0.3, 0.4) is 0 Å². The molecular weight excluding hydrogens is 831 g/mol. The van der Waals surface area contributed by atoms with Crippen molar-refractivity contribution in [3.8, 4) is 0 Å². The van der Waals surface area contributed by atoms with E-state index >= 15 is 0 Å². The van der Waals surface area contributed by atoms with Crippen LogP contribution in [-0.2, 0) is 50.7 Å². The summed E-state index contributed by atoms with van der Waals surface area (Å²) in [5, 5.41) is 26.5. The standard InChI is InChI=1S/C28H44N7O17P3S/c1-27(2,22(39)25(40)31-6-3-17(36)30-7-8-56-18(37)9-15-10-28(15)4-5-28)12-49-55(46,47)52-54(44,45)48-11-16-21(51-53(41,42)43)20(38)26(50-16)35-14-34-19-23(29)32-13-33-24(19)35/h13-16,20-22,26,38-39H,3-12H2,1-2H3,(H,30,36)(H,31,40)(H,44,45)(H,46,47)(H2,29,32,33)(H2,41,42,43)/t15?,16-,20-,21-,22?,26-/m1/s1. The van der Waals surface area contributed by atoms with Crippen molar-refractivity contribution in [2.24, 2.45) is 16.7 Å². The molecule has 1 spiro atoms. The molecule has 314 valence electrons. The second-order valence-corrected chi connectivity index (χ2v) is 19.6. The summed E-state index contributed by atoms with van der Waals surface area (Å²) in [7, 11) is -16.4. The summed E-state index contributed by atoms with van der Waals surface area (Å²) in [6, 6.07) is 0. The summed E-state index contributed by atoms with van der Waals surface area (Å²) in [6.45, 7) is 0.592. The molecule has 0 radical (unpaired) electrons. The average molecular weight is 876 g/mol. The summed E-state index contributed by atoms with van der Waals surface area (Å²) < 4.78 is 62.1. The van der Waals surface area contributed by atoms with Gasteiger partial charge in [-0.05, 0) is 30.6 Å². The molecule has 0 aromatic carbocycles. The number of thioether (sulfide) groups is 1. The number of nitrogens with zero attached hydrogens (tertiary/aromatic N) is 4. The molecule has 3 aliphatic rings. The SMILES string of the molecule is CC(C)(COP(=O)(O)OP(=O)(O)OC[C@H]1O[C@@H](n2cnc3c(N)ncnc32)[C@H](O)[C@@H]1OP(=O)(O)O)C(O)C(=O)NCCC(=O)NCCSC(=O)CC1CC12CC2. The van der Waals surface area contributed by atoms with Gasteiger partial charge in [0.25, 0.3) is 0 Å². The first kappa shape index (κ1) is 44.7. The molecule has 2 aromatic heterocycles. The van der Waals surface area contributed by atoms with Gasteiger partial charge in [-0.3, -0.25) is 32.5 Å². The summed E-state index contributed by atoms with van der Waals surface area (Å²) in [6.07, 6.45) is -2.76. The zero-order valence-electron chi connectivity index (χ0n) is 30.0. The zero-order chi connectivity index (χ0) is 41.3. The number of fused-ring (bicyclic) bond motifs is 1. The number of aromatic nitrogens is 4. The number of nitrogen functional groups attached to an aromatic ring is 1. The fourth-order valence-electron chi connectivity index (χ4n) is 6.05. The second-order valence-electron chi connectivity index (χ2n) is 14.3. The van der Waals surface area contributed by atoms with Gasteiger partial charge in [0.15, 0.2) is 22.8 Å². The molecule has 2 aliphatic carbocycles. The number of hydrogen-bond donors (Lipinski definition) is 9. The molecule has 0 bridgehead atoms. The quantitative estimate of drug-likeness (QED) is 0.0582. The van der Waals surface area contributed by atoms with E-state index in [2.05, 4.69) is 34.4 Å². The third-order valence-corrected chi connectivity index (χ3v) is 13.4. The minimum absolute atomic E-state index is 0.0335. The Morgan fingerprint density at radius 1 is 1.09 bits per heavy atom. The molecule has 8 atom stereocenters. The molecule has 2 amide bonds. The molecule has 10 N–H and O–H groups in total. The predicted molar refractivity (Wildman–Crippen MR) is 191 cm³/mol. The second kappa shape index (κ2) is 17.4. The number of nitrogens with two attached hydrogens (primary N) is 1. The molecular formula is C28H44N7O17P3S. The van der Waals surface area contributed by atoms with Gasteiger partial charge >= 0.3 is 23.5 Å². The molecule has 5 rings (SSSR count). The first-order valence-electron chi connectivity index (χ1n) is 17.1. The minimum atomic E-state index is -5.56. The number of phosphoric ester groups is 3. The van der Waals surface area contributed by atoms with E-state index in [-0.39, 0.29) is 41.6 Å². The summed E-state index contributed by atoms with van der Waals surface area (Å²) >= 11 is 1.17. The van der Waals surface area contributed by atoms with Gasteiger partial charge < -0.3 is 50.9 Å². The number of aliphatic hydroxyl groups is 2. The van der Waals surface area contributed by atoms with Crippen molar-refractivity contribution in [1.29, 1.82) is 0 Å². The average Bonchev–Trinajstić information content (AvgIpc) is 3.93. The highest BCUT2D eigenvalue weighted by molar-refractivity contribution is 8.13. The van der Waals surface area contributed by atoms with Crippen molar-refractivity contribution in [2.45, 2.75) is 76.6 Å². The molecule has 28 heteroatoms. The lowest BCUT2D eigenvalue weighted by Crippen LogP contribution is -2.46. The Bertz CT molecular complexity index is 1930. The Labute approximate surface area is 323 Å². The van der Waals surface area contributed by atoms with Gasteiger partial charge in [-0.1, -0.05) is 25.6 Å². The van der Waals surface area contributed by atoms with Crippen LogP contribution in [0.4, 0.5) is 5.82 Å². The van der Waals surface area contributed by atoms with Crippen molar-refractivity contribution < 1.29 is 80.5 Å². The number of hydrogen-bond acceptors (Lipinski definition) is 18. The van der Waals surface area contributed by atoms with E-state index in [1.165, 1.54) is 38.5 Å². The van der Waals surface area contributed by atoms with Gasteiger partial charge in [-0.15, -0.1) is 0 Å². The molecule has 1 aliphatic heterocycles. The molecule has 2 saturated carbocycles. The van der Waals surface area contributed by atoms with Crippen LogP contribution in [0.15, 0.2) is 12.7 Å². The lowest BCUT2D eigenvalue weighted by Gasteiger charge is -2.30. The van der Waals surface area contributed by atoms with E-state index in [0.29, 0.717) is 23.5 Å². The van der Waals surface area contributed by atoms with Crippen LogP contribution >= 0.6 is 35.2 Å². The largest absolute Gasteiger partial charge is 0.481 e. The molecule has 2 aromatic rings. The van der Waals surface area contributed by atoms with Crippen molar-refractivity contribution >= 4 is 69.1 Å². The Morgan fingerprint density at radius 2 is 1.79 bits per heavy atom. The smallest absolute Gasteiger partial charge is 0.386 e. The lowest BCUT2D eigenvalue weighted by atomic mass is 9.87. The van der Waals surface area contributed by atoms with Crippen LogP contribution in [0, 0.1) is 16.7 Å². The Hall–Kier alpha value is -2.44. The number of carbonyl (C=O) groups is 3. The third kappa shape index (κ3) is 11.8. The highest BCUT2D eigenvalue weighted by atomic mass is 32.2. The van der Waals surface area contributed by atoms with Crippen LogP contribution < -0.4 is 16.4 Å². The van der Waals surface area contributed by atoms with Gasteiger partial charge in [0.05, 0.1) is 19.5 Å². The molecule has 3 heterocycles. The first-order valence-corrected chi connectivity index (χ1v) is 22.6. The molecule has 24 nitrogen and oxygen atoms in total. The van der Waals surface area contributed by atoms with Gasteiger partial charge in [-0.25, -0.2) is 28.6 Å². The lowest BCUT2D eigenvalue weighted by molar-refractivity contribution is -0.137. The number of imidazole rings is 1. The normalized spacial score (nSPS) is 25.7. The van der Waals surface area contributed by atoms with Crippen LogP contribution in [-0.4, -0.2) is 123 Å². The predicted octanol–water partition coefficient (Wildman–Crippen LogP) is -0.145. The van der Waals surface area contributed by atoms with Crippen molar-refractivity contribution in [3.05, 3.63) is 12.7 Å². The highest BCUT2D eigenvalue weighted by Gasteiger charge is 2.62. The number of phosphoric acid groups is 3. The molecule has 56 heavy (non-hydrogen) atoms. The van der Waals surface area contributed by atoms with E-state index < -0.39 is 84.6 Å². The summed E-state index contributed by atoms with van der Waals surface area (Å²) in [5.74, 6) is -0.505. The maximum Gasteiger partial charge on any atom is 0.481 e. The van der Waals surface area contributed by atoms with Crippen LogP contribution in [0.25, 0.3) is 11.2 Å². The first-order chi connectivity index (χ1) is 26.0. The third-order valence-electron chi connectivity index (χ3n) is 9.43. The number of rotatable bonds is 21. The van der Waals surface area contributed by atoms with E-state index in [4.69, 9.17) is 19.5 Å². The van der Waals surface area contributed by atoms with Gasteiger partial charge in [-0.2, -0.15) is 4.31 Å². The van der Waals surface area contributed by atoms with Crippen LogP contribution in [0.2, 0.25) is 0 Å². The number of nitrogens with one attached hydrogen (secondary N) is 2. The Kier molecular flexibility index (Phi) is 13.9. The Morgan fingerprint density at radius 3 is 2.45 bits per heavy atom. The van der Waals surface area contributed by atoms with Crippen molar-refractivity contribution in [1.82, 2.24) is 30.2 Å². The van der Waals surface area contributed by atoms with E-state index in [9.17, 15) is 57.9 Å². The zero-order valence-corrected chi connectivity index (χ0v) is 33.5. The number of ether oxygens (including phenoxy) is 1. The van der Waals surface area contributed by atoms with E-state index in [0.717, 1.165) is 23.6 Å². The Balaban J connectivity index is 1.04. The van der Waals surface area contributed by atoms with Gasteiger partial charge in [0, 0.05) is 37.1 Å². The summed E-state index contributed by atoms with van der Waals surface area (Å²) in [5.41, 5.74) is 4.73. The highest BCUT2D eigenvalue weighted by Crippen LogP contribution is 2.71. The summed E-state index contributed by atoms with van der Waals surface area (Å²) in [4.78, 5) is 87.7. The topological polar surface area (TPSA) is 364 Å². The maximum atomic E-state index is 12.7. The molecule has 1 saturated heterocycles. The number of amides is 2. The number of carbonyl (C=O) groups excluding carboxylic acids is 3. The maximum absolute atomic E-state index is 12.7. The van der Waals surface area contributed by atoms with E-state index in [1.807, 2.05) is 0 Å². The van der Waals surface area contributed by atoms with Crippen molar-refractivity contribution in [2.75, 3.05) is 37.8 Å². The number of anilines is 1. The minimum Gasteiger partial charge on any atom is -0.386 e.